The Kier molecular flexibility index (Phi) is 6.28. The van der Waals surface area contributed by atoms with Crippen LogP contribution in [0.3, 0.4) is 0 Å². The molecule has 8 heteroatoms. The zero-order chi connectivity index (χ0) is 19.2. The molecule has 1 aliphatic rings. The third kappa shape index (κ3) is 4.97. The first kappa shape index (κ1) is 19.2. The molecule has 2 aromatic rings. The van der Waals surface area contributed by atoms with Gasteiger partial charge in [0.2, 0.25) is 5.91 Å². The summed E-state index contributed by atoms with van der Waals surface area (Å²) in [5.41, 5.74) is 1.08. The van der Waals surface area contributed by atoms with Crippen LogP contribution in [-0.4, -0.2) is 39.0 Å². The molecule has 0 unspecified atom stereocenters. The molecule has 1 N–H and O–H groups in total. The van der Waals surface area contributed by atoms with Crippen molar-refractivity contribution in [2.75, 3.05) is 17.7 Å². The summed E-state index contributed by atoms with van der Waals surface area (Å²) in [6, 6.07) is 6.62. The first-order valence-corrected chi connectivity index (χ1v) is 9.84. The van der Waals surface area contributed by atoms with Crippen LogP contribution in [0, 0.1) is 0 Å². The molecule has 1 aromatic carbocycles. The molecule has 1 aromatic heterocycles. The monoisotopic (exact) mass is 386 g/mol. The number of benzene rings is 1. The van der Waals surface area contributed by atoms with Crippen molar-refractivity contribution in [1.29, 1.82) is 0 Å². The molecular formula is C19H22N4O3S. The topological polar surface area (TPSA) is 86.1 Å². The maximum Gasteiger partial charge on any atom is 0.338 e. The number of hydrogen-bond acceptors (Lipinski definition) is 6. The number of hydrogen-bond donors (Lipinski definition) is 1. The Labute approximate surface area is 162 Å². The SMILES string of the molecule is C=CCn1c(SCC(=O)Nc2ccc(C(=O)OCC)cc2)nnc1C1CC1. The number of allylic oxidation sites excluding steroid dienone is 1. The number of esters is 1. The highest BCUT2D eigenvalue weighted by Gasteiger charge is 2.30. The number of aromatic nitrogens is 3. The van der Waals surface area contributed by atoms with Crippen LogP contribution in [0.4, 0.5) is 5.69 Å². The number of nitrogens with zero attached hydrogens (tertiary/aromatic N) is 3. The van der Waals surface area contributed by atoms with E-state index in [-0.39, 0.29) is 17.6 Å². The zero-order valence-electron chi connectivity index (χ0n) is 15.2. The van der Waals surface area contributed by atoms with Gasteiger partial charge in [0, 0.05) is 18.2 Å². The second-order valence-corrected chi connectivity index (χ2v) is 7.09. The molecule has 1 aliphatic carbocycles. The van der Waals surface area contributed by atoms with E-state index in [4.69, 9.17) is 4.74 Å². The molecule has 142 valence electrons. The van der Waals surface area contributed by atoms with Gasteiger partial charge in [-0.3, -0.25) is 4.79 Å². The zero-order valence-corrected chi connectivity index (χ0v) is 16.0. The lowest BCUT2D eigenvalue weighted by atomic mass is 10.2. The first-order chi connectivity index (χ1) is 13.1. The van der Waals surface area contributed by atoms with E-state index in [1.165, 1.54) is 11.8 Å². The Morgan fingerprint density at radius 2 is 2.07 bits per heavy atom. The lowest BCUT2D eigenvalue weighted by Gasteiger charge is -2.08. The van der Waals surface area contributed by atoms with Gasteiger partial charge in [0.05, 0.1) is 17.9 Å². The highest BCUT2D eigenvalue weighted by molar-refractivity contribution is 7.99. The average molecular weight is 386 g/mol. The van der Waals surface area contributed by atoms with Crippen molar-refractivity contribution in [3.8, 4) is 0 Å². The summed E-state index contributed by atoms with van der Waals surface area (Å²) < 4.78 is 6.96. The van der Waals surface area contributed by atoms with Crippen LogP contribution in [-0.2, 0) is 16.1 Å². The highest BCUT2D eigenvalue weighted by Crippen LogP contribution is 2.40. The molecular weight excluding hydrogens is 364 g/mol. The van der Waals surface area contributed by atoms with Gasteiger partial charge >= 0.3 is 5.97 Å². The molecule has 0 atom stereocenters. The molecule has 0 spiro atoms. The summed E-state index contributed by atoms with van der Waals surface area (Å²) >= 11 is 1.35. The van der Waals surface area contributed by atoms with Crippen molar-refractivity contribution in [3.63, 3.8) is 0 Å². The largest absolute Gasteiger partial charge is 0.462 e. The van der Waals surface area contributed by atoms with Crippen LogP contribution in [0.2, 0.25) is 0 Å². The van der Waals surface area contributed by atoms with E-state index in [2.05, 4.69) is 22.1 Å². The van der Waals surface area contributed by atoms with Crippen molar-refractivity contribution < 1.29 is 14.3 Å². The second kappa shape index (κ2) is 8.85. The van der Waals surface area contributed by atoms with E-state index in [0.717, 1.165) is 23.8 Å². The second-order valence-electron chi connectivity index (χ2n) is 6.15. The maximum atomic E-state index is 12.2. The Morgan fingerprint density at radius 1 is 1.33 bits per heavy atom. The van der Waals surface area contributed by atoms with Gasteiger partial charge in [0.25, 0.3) is 0 Å². The van der Waals surface area contributed by atoms with Gasteiger partial charge in [-0.1, -0.05) is 17.8 Å². The summed E-state index contributed by atoms with van der Waals surface area (Å²) in [6.45, 7) is 6.50. The third-order valence-corrected chi connectivity index (χ3v) is 4.98. The number of amides is 1. The summed E-state index contributed by atoms with van der Waals surface area (Å²) in [7, 11) is 0. The predicted molar refractivity (Wildman–Crippen MR) is 104 cm³/mol. The average Bonchev–Trinajstić information content (AvgIpc) is 3.43. The third-order valence-electron chi connectivity index (χ3n) is 4.01. The van der Waals surface area contributed by atoms with Crippen molar-refractivity contribution in [3.05, 3.63) is 48.3 Å². The summed E-state index contributed by atoms with van der Waals surface area (Å²) in [4.78, 5) is 23.9. The minimum Gasteiger partial charge on any atom is -0.462 e. The van der Waals surface area contributed by atoms with Crippen LogP contribution in [0.5, 0.6) is 0 Å². The number of thioether (sulfide) groups is 1. The lowest BCUT2D eigenvalue weighted by molar-refractivity contribution is -0.113. The van der Waals surface area contributed by atoms with Crippen LogP contribution < -0.4 is 5.32 Å². The molecule has 1 saturated carbocycles. The minimum atomic E-state index is -0.376. The molecule has 7 nitrogen and oxygen atoms in total. The standard InChI is InChI=1S/C19H22N4O3S/c1-3-11-23-17(13-5-6-13)21-22-19(23)27-12-16(24)20-15-9-7-14(8-10-15)18(25)26-4-2/h3,7-10,13H,1,4-6,11-12H2,2H3,(H,20,24). The fourth-order valence-electron chi connectivity index (χ4n) is 2.58. The number of rotatable bonds is 9. The number of nitrogens with one attached hydrogen (secondary N) is 1. The molecule has 0 aliphatic heterocycles. The fraction of sp³-hybridized carbons (Fsp3) is 0.368. The Balaban J connectivity index is 1.55. The van der Waals surface area contributed by atoms with Gasteiger partial charge < -0.3 is 14.6 Å². The van der Waals surface area contributed by atoms with Gasteiger partial charge in [-0.05, 0) is 44.0 Å². The predicted octanol–water partition coefficient (Wildman–Crippen LogP) is 3.25. The lowest BCUT2D eigenvalue weighted by Crippen LogP contribution is -2.15. The Hall–Kier alpha value is -2.61. The molecule has 1 fully saturated rings. The quantitative estimate of drug-likeness (QED) is 0.404. The number of carbonyl (C=O) groups is 2. The van der Waals surface area contributed by atoms with E-state index in [1.807, 2.05) is 10.6 Å². The molecule has 1 heterocycles. The molecule has 0 bridgehead atoms. The minimum absolute atomic E-state index is 0.148. The van der Waals surface area contributed by atoms with Gasteiger partial charge in [0.1, 0.15) is 5.82 Å². The van der Waals surface area contributed by atoms with Gasteiger partial charge in [-0.2, -0.15) is 0 Å². The van der Waals surface area contributed by atoms with Gasteiger partial charge in [-0.25, -0.2) is 4.79 Å². The Bertz CT molecular complexity index is 828. The smallest absolute Gasteiger partial charge is 0.338 e. The summed E-state index contributed by atoms with van der Waals surface area (Å²) in [6.07, 6.45) is 4.09. The van der Waals surface area contributed by atoms with Crippen LogP contribution in [0.25, 0.3) is 0 Å². The summed E-state index contributed by atoms with van der Waals surface area (Å²) in [5.74, 6) is 1.16. The van der Waals surface area contributed by atoms with Gasteiger partial charge in [0.15, 0.2) is 5.16 Å². The molecule has 0 saturated heterocycles. The van der Waals surface area contributed by atoms with Crippen LogP contribution in [0.1, 0.15) is 41.9 Å². The van der Waals surface area contributed by atoms with Crippen molar-refractivity contribution in [2.24, 2.45) is 0 Å². The summed E-state index contributed by atoms with van der Waals surface area (Å²) in [5, 5.41) is 12.0. The van der Waals surface area contributed by atoms with E-state index in [0.29, 0.717) is 30.3 Å². The first-order valence-electron chi connectivity index (χ1n) is 8.86. The van der Waals surface area contributed by atoms with E-state index >= 15 is 0 Å². The maximum absolute atomic E-state index is 12.2. The highest BCUT2D eigenvalue weighted by atomic mass is 32.2. The number of anilines is 1. The van der Waals surface area contributed by atoms with Crippen LogP contribution >= 0.6 is 11.8 Å². The van der Waals surface area contributed by atoms with Crippen molar-refractivity contribution in [1.82, 2.24) is 14.8 Å². The van der Waals surface area contributed by atoms with E-state index in [1.54, 1.807) is 31.2 Å². The Morgan fingerprint density at radius 3 is 2.70 bits per heavy atom. The van der Waals surface area contributed by atoms with E-state index in [9.17, 15) is 9.59 Å². The molecule has 0 radical (unpaired) electrons. The van der Waals surface area contributed by atoms with Gasteiger partial charge in [-0.15, -0.1) is 16.8 Å². The van der Waals surface area contributed by atoms with Crippen LogP contribution in [0.15, 0.2) is 42.1 Å². The molecule has 3 rings (SSSR count). The number of ether oxygens (including phenoxy) is 1. The molecule has 27 heavy (non-hydrogen) atoms. The fourth-order valence-corrected chi connectivity index (χ4v) is 3.34. The molecule has 1 amide bonds. The van der Waals surface area contributed by atoms with Crippen molar-refractivity contribution >= 4 is 29.3 Å². The van der Waals surface area contributed by atoms with Crippen molar-refractivity contribution in [2.45, 2.75) is 37.4 Å². The normalized spacial score (nSPS) is 13.2. The van der Waals surface area contributed by atoms with E-state index < -0.39 is 0 Å². The number of carbonyl (C=O) groups excluding carboxylic acids is 2.